The third-order valence-corrected chi connectivity index (χ3v) is 6.98. The number of hydrogen-bond donors (Lipinski definition) is 1. The highest BCUT2D eigenvalue weighted by atomic mass is 32.2. The van der Waals surface area contributed by atoms with Gasteiger partial charge in [-0.25, -0.2) is 0 Å². The van der Waals surface area contributed by atoms with Gasteiger partial charge in [-0.3, -0.25) is 29.0 Å². The van der Waals surface area contributed by atoms with E-state index in [1.807, 2.05) is 31.2 Å². The molecule has 1 atom stereocenters. The fraction of sp³-hybridized carbons (Fsp3) is 0.240. The van der Waals surface area contributed by atoms with Gasteiger partial charge < -0.3 is 14.6 Å². The molecule has 2 saturated heterocycles. The molecule has 2 heterocycles. The quantitative estimate of drug-likeness (QED) is 0.315. The Morgan fingerprint density at radius 3 is 2.56 bits per heavy atom. The fourth-order valence-corrected chi connectivity index (χ4v) is 5.16. The Balaban J connectivity index is 1.50. The Hall–Kier alpha value is -3.70. The van der Waals surface area contributed by atoms with Gasteiger partial charge in [0, 0.05) is 0 Å². The molecule has 11 heteroatoms. The van der Waals surface area contributed by atoms with Crippen molar-refractivity contribution in [2.75, 3.05) is 13.7 Å². The number of carboxylic acids is 1. The molecule has 3 amide bonds. The number of rotatable bonds is 8. The molecule has 36 heavy (non-hydrogen) atoms. The van der Waals surface area contributed by atoms with Crippen LogP contribution in [-0.4, -0.2) is 62.6 Å². The van der Waals surface area contributed by atoms with Crippen molar-refractivity contribution in [3.8, 4) is 11.5 Å². The van der Waals surface area contributed by atoms with Crippen molar-refractivity contribution in [1.82, 2.24) is 9.80 Å². The fourth-order valence-electron chi connectivity index (χ4n) is 3.81. The van der Waals surface area contributed by atoms with Crippen LogP contribution in [0.15, 0.2) is 47.4 Å². The molecule has 9 nitrogen and oxygen atoms in total. The molecular weight excluding hydrogens is 504 g/mol. The summed E-state index contributed by atoms with van der Waals surface area (Å²) in [7, 11) is 1.52. The molecular formula is C25H22N2O7S2. The highest BCUT2D eigenvalue weighted by Crippen LogP contribution is 2.37. The van der Waals surface area contributed by atoms with E-state index in [1.54, 1.807) is 24.3 Å². The Labute approximate surface area is 216 Å². The average molecular weight is 527 g/mol. The lowest BCUT2D eigenvalue weighted by Gasteiger charge is -2.20. The van der Waals surface area contributed by atoms with Crippen molar-refractivity contribution in [2.24, 2.45) is 0 Å². The molecule has 2 aliphatic heterocycles. The van der Waals surface area contributed by atoms with Gasteiger partial charge in [0.15, 0.2) is 11.5 Å². The standard InChI is InChI=1S/C25H22N2O7S2/c1-14-3-5-15(6-4-14)13-34-18-8-7-16(9-19(18)33-2)10-20-24(32)27(25(35)36-20)17-11-21(28)26(23(17)31)12-22(29)30/h3-10,17H,11-13H2,1-2H3,(H,29,30)/b20-10-. The molecule has 0 aliphatic carbocycles. The lowest BCUT2D eigenvalue weighted by molar-refractivity contribution is -0.149. The largest absolute Gasteiger partial charge is 0.493 e. The van der Waals surface area contributed by atoms with Crippen molar-refractivity contribution in [1.29, 1.82) is 0 Å². The molecule has 2 aliphatic rings. The molecule has 2 fully saturated rings. The van der Waals surface area contributed by atoms with Crippen LogP contribution in [0.3, 0.4) is 0 Å². The van der Waals surface area contributed by atoms with E-state index in [0.29, 0.717) is 28.6 Å². The number of thioether (sulfide) groups is 1. The number of aryl methyl sites for hydroxylation is 1. The summed E-state index contributed by atoms with van der Waals surface area (Å²) >= 11 is 6.31. The number of aliphatic carboxylic acids is 1. The second-order valence-corrected chi connectivity index (χ2v) is 9.84. The summed E-state index contributed by atoms with van der Waals surface area (Å²) in [5.74, 6) is -2.23. The van der Waals surface area contributed by atoms with Gasteiger partial charge in [-0.15, -0.1) is 0 Å². The number of methoxy groups -OCH3 is 1. The van der Waals surface area contributed by atoms with Crippen LogP contribution in [0.5, 0.6) is 11.5 Å². The first-order valence-corrected chi connectivity index (χ1v) is 12.1. The molecule has 0 saturated carbocycles. The van der Waals surface area contributed by atoms with Crippen LogP contribution in [0.2, 0.25) is 0 Å². The zero-order chi connectivity index (χ0) is 26.0. The third kappa shape index (κ3) is 5.26. The Bertz CT molecular complexity index is 1290. The van der Waals surface area contributed by atoms with E-state index >= 15 is 0 Å². The Morgan fingerprint density at radius 2 is 1.89 bits per heavy atom. The lowest BCUT2D eigenvalue weighted by atomic mass is 10.1. The predicted molar refractivity (Wildman–Crippen MR) is 136 cm³/mol. The molecule has 2 aromatic carbocycles. The maximum atomic E-state index is 13.1. The number of amides is 3. The Kier molecular flexibility index (Phi) is 7.41. The van der Waals surface area contributed by atoms with Crippen LogP contribution in [-0.2, 0) is 25.8 Å². The SMILES string of the molecule is COc1cc(/C=C2\SC(=S)N(C3CC(=O)N(CC(=O)O)C3=O)C2=O)ccc1OCc1ccc(C)cc1. The van der Waals surface area contributed by atoms with Crippen LogP contribution in [0.1, 0.15) is 23.1 Å². The summed E-state index contributed by atoms with van der Waals surface area (Å²) < 4.78 is 11.5. The van der Waals surface area contributed by atoms with Crippen molar-refractivity contribution >= 4 is 58.1 Å². The van der Waals surface area contributed by atoms with Gasteiger partial charge in [-0.1, -0.05) is 59.9 Å². The lowest BCUT2D eigenvalue weighted by Crippen LogP contribution is -2.45. The number of likely N-dealkylation sites (tertiary alicyclic amines) is 1. The van der Waals surface area contributed by atoms with Crippen LogP contribution in [0.4, 0.5) is 0 Å². The highest BCUT2D eigenvalue weighted by Gasteiger charge is 2.48. The summed E-state index contributed by atoms with van der Waals surface area (Å²) in [6.07, 6.45) is 1.30. The number of carbonyl (C=O) groups is 4. The molecule has 1 unspecified atom stereocenters. The number of hydrogen-bond acceptors (Lipinski definition) is 8. The van der Waals surface area contributed by atoms with E-state index < -0.39 is 36.3 Å². The van der Waals surface area contributed by atoms with Gasteiger partial charge in [0.25, 0.3) is 11.8 Å². The minimum Gasteiger partial charge on any atom is -0.493 e. The molecule has 0 radical (unpaired) electrons. The second-order valence-electron chi connectivity index (χ2n) is 8.17. The second kappa shape index (κ2) is 10.5. The molecule has 0 bridgehead atoms. The first-order valence-electron chi connectivity index (χ1n) is 10.9. The van der Waals surface area contributed by atoms with Gasteiger partial charge in [0.2, 0.25) is 5.91 Å². The van der Waals surface area contributed by atoms with E-state index in [-0.39, 0.29) is 15.6 Å². The highest BCUT2D eigenvalue weighted by molar-refractivity contribution is 8.26. The number of thiocarbonyl (C=S) groups is 1. The van der Waals surface area contributed by atoms with Crippen molar-refractivity contribution in [3.05, 3.63) is 64.1 Å². The molecule has 4 rings (SSSR count). The summed E-state index contributed by atoms with van der Waals surface area (Å²) in [6.45, 7) is 1.62. The minimum absolute atomic E-state index is 0.125. The summed E-state index contributed by atoms with van der Waals surface area (Å²) in [6, 6.07) is 12.1. The number of imide groups is 1. The smallest absolute Gasteiger partial charge is 0.323 e. The van der Waals surface area contributed by atoms with E-state index in [2.05, 4.69) is 0 Å². The number of nitrogens with zero attached hydrogens (tertiary/aromatic N) is 2. The van der Waals surface area contributed by atoms with Gasteiger partial charge in [0.1, 0.15) is 23.5 Å². The van der Waals surface area contributed by atoms with Gasteiger partial charge in [-0.05, 0) is 36.3 Å². The van der Waals surface area contributed by atoms with Crippen LogP contribution in [0, 0.1) is 6.92 Å². The van der Waals surface area contributed by atoms with Gasteiger partial charge >= 0.3 is 5.97 Å². The number of ether oxygens (including phenoxy) is 2. The Morgan fingerprint density at radius 1 is 1.17 bits per heavy atom. The monoisotopic (exact) mass is 526 g/mol. The van der Waals surface area contributed by atoms with E-state index in [1.165, 1.54) is 7.11 Å². The summed E-state index contributed by atoms with van der Waals surface area (Å²) in [5, 5.41) is 8.95. The summed E-state index contributed by atoms with van der Waals surface area (Å²) in [4.78, 5) is 50.8. The van der Waals surface area contributed by atoms with E-state index in [9.17, 15) is 19.2 Å². The first-order chi connectivity index (χ1) is 17.2. The van der Waals surface area contributed by atoms with Crippen LogP contribution in [0.25, 0.3) is 6.08 Å². The number of carbonyl (C=O) groups excluding carboxylic acids is 3. The van der Waals surface area contributed by atoms with Crippen molar-refractivity contribution in [2.45, 2.75) is 26.0 Å². The topological polar surface area (TPSA) is 113 Å². The van der Waals surface area contributed by atoms with Crippen molar-refractivity contribution in [3.63, 3.8) is 0 Å². The molecule has 0 aromatic heterocycles. The van der Waals surface area contributed by atoms with Crippen LogP contribution < -0.4 is 9.47 Å². The van der Waals surface area contributed by atoms with E-state index in [4.69, 9.17) is 26.8 Å². The molecule has 2 aromatic rings. The van der Waals surface area contributed by atoms with Crippen molar-refractivity contribution < 1.29 is 33.8 Å². The maximum Gasteiger partial charge on any atom is 0.323 e. The molecule has 186 valence electrons. The van der Waals surface area contributed by atoms with E-state index in [0.717, 1.165) is 27.8 Å². The first kappa shape index (κ1) is 25.4. The zero-order valence-electron chi connectivity index (χ0n) is 19.4. The summed E-state index contributed by atoms with van der Waals surface area (Å²) in [5.41, 5.74) is 2.82. The van der Waals surface area contributed by atoms with Gasteiger partial charge in [0.05, 0.1) is 18.4 Å². The third-order valence-electron chi connectivity index (χ3n) is 5.65. The minimum atomic E-state index is -1.32. The zero-order valence-corrected chi connectivity index (χ0v) is 21.1. The maximum absolute atomic E-state index is 13.1. The normalized spacial score (nSPS) is 18.9. The average Bonchev–Trinajstić information content (AvgIpc) is 3.27. The van der Waals surface area contributed by atoms with Gasteiger partial charge in [-0.2, -0.15) is 0 Å². The predicted octanol–water partition coefficient (Wildman–Crippen LogP) is 3.00. The molecule has 0 spiro atoms. The number of carboxylic acid groups (broad SMARTS) is 1. The number of benzene rings is 2. The van der Waals surface area contributed by atoms with Crippen LogP contribution >= 0.6 is 24.0 Å². The molecule has 1 N–H and O–H groups in total.